The molecule has 2 spiro atoms. The Bertz CT molecular complexity index is 2270. The molecular formula is C54H68Cl2N6O6. The van der Waals surface area contributed by atoms with Gasteiger partial charge in [-0.2, -0.15) is 0 Å². The van der Waals surface area contributed by atoms with E-state index in [2.05, 4.69) is 33.0 Å². The van der Waals surface area contributed by atoms with Gasteiger partial charge in [0.25, 0.3) is 0 Å². The summed E-state index contributed by atoms with van der Waals surface area (Å²) in [4.78, 5) is 30.3. The average molecular weight is 968 g/mol. The number of carbonyl (C=O) groups is 2. The Labute approximate surface area is 412 Å². The maximum Gasteiger partial charge on any atom is 0.410 e. The second-order valence-corrected chi connectivity index (χ2v) is 20.7. The van der Waals surface area contributed by atoms with E-state index in [-0.39, 0.29) is 29.6 Å². The van der Waals surface area contributed by atoms with Crippen molar-refractivity contribution >= 4 is 46.8 Å². The van der Waals surface area contributed by atoms with Gasteiger partial charge in [0.2, 0.25) is 0 Å². The molecule has 4 N–H and O–H groups in total. The van der Waals surface area contributed by atoms with Crippen LogP contribution < -0.4 is 16.0 Å². The molecule has 0 aliphatic carbocycles. The predicted molar refractivity (Wildman–Crippen MR) is 269 cm³/mol. The molecule has 5 saturated heterocycles. The second kappa shape index (κ2) is 22.5. The number of aliphatic hydroxyl groups excluding tert-OH is 1. The molecule has 7 aliphatic rings. The van der Waals surface area contributed by atoms with Gasteiger partial charge in [-0.25, -0.2) is 9.59 Å². The van der Waals surface area contributed by atoms with Crippen LogP contribution in [0.5, 0.6) is 0 Å². The van der Waals surface area contributed by atoms with Crippen LogP contribution in [-0.2, 0) is 38.3 Å². The summed E-state index contributed by atoms with van der Waals surface area (Å²) in [5.41, 5.74) is 7.84. The summed E-state index contributed by atoms with van der Waals surface area (Å²) in [7, 11) is 0. The van der Waals surface area contributed by atoms with E-state index in [1.54, 1.807) is 4.90 Å². The minimum Gasteiger partial charge on any atom is -0.445 e. The molecule has 4 aromatic carbocycles. The lowest BCUT2D eigenvalue weighted by atomic mass is 9.74. The molecule has 2 atom stereocenters. The molecular weight excluding hydrogens is 900 g/mol. The van der Waals surface area contributed by atoms with Crippen LogP contribution in [0.15, 0.2) is 97.1 Å². The van der Waals surface area contributed by atoms with Crippen LogP contribution in [0.2, 0.25) is 10.0 Å². The average Bonchev–Trinajstić information content (AvgIpc) is 4.11. The predicted octanol–water partition coefficient (Wildman–Crippen LogP) is 9.33. The molecule has 68 heavy (non-hydrogen) atoms. The number of anilines is 2. The monoisotopic (exact) mass is 966 g/mol. The lowest BCUT2D eigenvalue weighted by Gasteiger charge is -2.41. The van der Waals surface area contributed by atoms with Gasteiger partial charge in [0.15, 0.2) is 0 Å². The first-order valence-corrected chi connectivity index (χ1v) is 25.6. The number of amides is 2. The quantitative estimate of drug-likeness (QED) is 0.127. The van der Waals surface area contributed by atoms with Gasteiger partial charge in [0, 0.05) is 78.1 Å². The number of carbonyl (C=O) groups excluding carboxylic acids is 2. The number of rotatable bonds is 8. The topological polar surface area (TPSA) is 131 Å². The van der Waals surface area contributed by atoms with E-state index in [0.717, 1.165) is 119 Å². The number of nitrogens with zero attached hydrogens (tertiary/aromatic N) is 3. The zero-order chi connectivity index (χ0) is 46.9. The molecule has 5 fully saturated rings. The van der Waals surface area contributed by atoms with Gasteiger partial charge >= 0.3 is 12.2 Å². The summed E-state index contributed by atoms with van der Waals surface area (Å²) in [6.07, 6.45) is 7.99. The highest BCUT2D eigenvalue weighted by Crippen LogP contribution is 2.46. The summed E-state index contributed by atoms with van der Waals surface area (Å²) in [6.45, 7) is 11.4. The van der Waals surface area contributed by atoms with E-state index in [1.807, 2.05) is 89.8 Å². The van der Waals surface area contributed by atoms with Crippen LogP contribution in [0.1, 0.15) is 73.6 Å². The number of hydrogen-bond acceptors (Lipinski definition) is 10. The first-order chi connectivity index (χ1) is 33.1. The van der Waals surface area contributed by atoms with Gasteiger partial charge < -0.3 is 50.0 Å². The molecule has 7 heterocycles. The van der Waals surface area contributed by atoms with Crippen molar-refractivity contribution in [3.8, 4) is 0 Å². The van der Waals surface area contributed by atoms with Gasteiger partial charge in [0.1, 0.15) is 13.2 Å². The SMILES string of the molecule is Clc1ccc2c(c1)NCC21CCNCC1.O=C(OCc1ccccc1)N1CCC(C2CO2)CC1.O=C(OCc1ccccc1)N1CCC([C@H](O)CN2CCC3(CC2)CNc2cc(Cl)ccc23)CC1. The van der Waals surface area contributed by atoms with Crippen LogP contribution in [0.4, 0.5) is 21.0 Å². The zero-order valence-corrected chi connectivity index (χ0v) is 40.7. The fourth-order valence-corrected chi connectivity index (χ4v) is 11.6. The summed E-state index contributed by atoms with van der Waals surface area (Å²) in [5.74, 6) is 0.864. The first-order valence-electron chi connectivity index (χ1n) is 24.9. The first kappa shape index (κ1) is 48.5. The number of likely N-dealkylation sites (tertiary alicyclic amines) is 3. The largest absolute Gasteiger partial charge is 0.445 e. The Morgan fingerprint density at radius 3 is 1.62 bits per heavy atom. The van der Waals surface area contributed by atoms with Crippen molar-refractivity contribution in [2.75, 3.05) is 89.2 Å². The molecule has 1 unspecified atom stereocenters. The standard InChI is InChI=1S/C27H34ClN3O3.C15H19NO3.C12H15ClN2/c28-22-6-7-23-24(16-22)29-19-27(23)10-14-30(15-11-27)17-25(32)21-8-12-31(13-9-21)26(33)34-18-20-4-2-1-3-5-20;17-15(19-10-12-4-2-1-3-5-12)16-8-6-13(7-9-16)14-11-18-14;13-9-1-2-10-11(7-9)15-8-12(10)3-5-14-6-4-12/h1-7,16,21,25,29,32H,8-15,17-19H2;1-5,13-14H,6-11H2;1-2,7,14-15H,3-6,8H2/t25-;;/m1../s1. The van der Waals surface area contributed by atoms with Crippen molar-refractivity contribution in [2.24, 2.45) is 11.8 Å². The number of β-amino-alcohol motifs (C(OH)–C–C–N with tert-alkyl or cyclic N) is 1. The highest BCUT2D eigenvalue weighted by molar-refractivity contribution is 6.31. The Morgan fingerprint density at radius 2 is 1.13 bits per heavy atom. The summed E-state index contributed by atoms with van der Waals surface area (Å²) in [5, 5.41) is 23.0. The molecule has 12 nitrogen and oxygen atoms in total. The fourth-order valence-electron chi connectivity index (χ4n) is 11.2. The van der Waals surface area contributed by atoms with Crippen LogP contribution in [0.25, 0.3) is 0 Å². The van der Waals surface area contributed by atoms with Crippen molar-refractivity contribution < 1.29 is 28.9 Å². The van der Waals surface area contributed by atoms with Crippen LogP contribution in [-0.4, -0.2) is 123 Å². The molecule has 7 aliphatic heterocycles. The maximum absolute atomic E-state index is 12.4. The van der Waals surface area contributed by atoms with Crippen molar-refractivity contribution in [2.45, 2.75) is 87.6 Å². The summed E-state index contributed by atoms with van der Waals surface area (Å²) in [6, 6.07) is 32.0. The Balaban J connectivity index is 0.000000142. The maximum atomic E-state index is 12.4. The Kier molecular flexibility index (Phi) is 16.0. The fraction of sp³-hybridized carbons (Fsp3) is 0.519. The number of ether oxygens (including phenoxy) is 3. The molecule has 0 bridgehead atoms. The number of piperidine rings is 4. The molecule has 364 valence electrons. The van der Waals surface area contributed by atoms with Crippen LogP contribution in [0, 0.1) is 11.8 Å². The minimum absolute atomic E-state index is 0.187. The third kappa shape index (κ3) is 12.1. The number of halogens is 2. The van der Waals surface area contributed by atoms with Crippen LogP contribution in [0.3, 0.4) is 0 Å². The molecule has 0 aromatic heterocycles. The number of epoxide rings is 1. The number of aliphatic hydroxyl groups is 1. The van der Waals surface area contributed by atoms with Crippen molar-refractivity contribution in [1.82, 2.24) is 20.0 Å². The Hall–Kier alpha value is -4.56. The van der Waals surface area contributed by atoms with E-state index in [1.165, 1.54) is 35.3 Å². The molecule has 4 aromatic rings. The number of hydrogen-bond donors (Lipinski definition) is 4. The van der Waals surface area contributed by atoms with Gasteiger partial charge in [-0.1, -0.05) is 96.0 Å². The molecule has 2 amide bonds. The molecule has 14 heteroatoms. The van der Waals surface area contributed by atoms with E-state index in [9.17, 15) is 14.7 Å². The van der Waals surface area contributed by atoms with Gasteiger partial charge in [-0.15, -0.1) is 0 Å². The summed E-state index contributed by atoms with van der Waals surface area (Å²) >= 11 is 12.2. The highest BCUT2D eigenvalue weighted by Gasteiger charge is 2.43. The highest BCUT2D eigenvalue weighted by atomic mass is 35.5. The lowest BCUT2D eigenvalue weighted by molar-refractivity contribution is 0.0179. The zero-order valence-electron chi connectivity index (χ0n) is 39.2. The van der Waals surface area contributed by atoms with Crippen molar-refractivity contribution in [3.63, 3.8) is 0 Å². The third-order valence-electron chi connectivity index (χ3n) is 15.6. The summed E-state index contributed by atoms with van der Waals surface area (Å²) < 4.78 is 16.1. The molecule has 0 radical (unpaired) electrons. The van der Waals surface area contributed by atoms with Gasteiger partial charge in [-0.05, 0) is 136 Å². The molecule has 0 saturated carbocycles. The second-order valence-electron chi connectivity index (χ2n) is 19.9. The van der Waals surface area contributed by atoms with Gasteiger partial charge in [-0.3, -0.25) is 0 Å². The smallest absolute Gasteiger partial charge is 0.410 e. The van der Waals surface area contributed by atoms with E-state index < -0.39 is 0 Å². The van der Waals surface area contributed by atoms with Crippen LogP contribution >= 0.6 is 23.2 Å². The van der Waals surface area contributed by atoms with E-state index >= 15 is 0 Å². The normalized spacial score (nSPS) is 22.0. The number of nitrogens with one attached hydrogen (secondary N) is 3. The third-order valence-corrected chi connectivity index (χ3v) is 16.1. The van der Waals surface area contributed by atoms with Gasteiger partial charge in [0.05, 0.1) is 18.8 Å². The van der Waals surface area contributed by atoms with E-state index in [0.29, 0.717) is 50.3 Å². The lowest BCUT2D eigenvalue weighted by Crippen LogP contribution is -2.48. The van der Waals surface area contributed by atoms with E-state index in [4.69, 9.17) is 37.4 Å². The molecule has 11 rings (SSSR count). The van der Waals surface area contributed by atoms with Crippen molar-refractivity contribution in [1.29, 1.82) is 0 Å². The number of benzene rings is 4. The Morgan fingerprint density at radius 1 is 0.662 bits per heavy atom. The minimum atomic E-state index is -0.357. The van der Waals surface area contributed by atoms with Crippen molar-refractivity contribution in [3.05, 3.63) is 129 Å². The number of fused-ring (bicyclic) bond motifs is 4.